The Kier molecular flexibility index (Phi) is 6.45. The molecule has 0 aliphatic carbocycles. The van der Waals surface area contributed by atoms with Gasteiger partial charge in [0.15, 0.2) is 5.69 Å². The van der Waals surface area contributed by atoms with Crippen molar-refractivity contribution in [3.63, 3.8) is 0 Å². The summed E-state index contributed by atoms with van der Waals surface area (Å²) in [6.45, 7) is 0. The molecule has 178 valence electrons. The largest absolute Gasteiger partial charge is 0.418 e. The molecular weight excluding hydrogens is 495 g/mol. The molecule has 34 heavy (non-hydrogen) atoms. The molecule has 0 radical (unpaired) electrons. The Labute approximate surface area is 198 Å². The summed E-state index contributed by atoms with van der Waals surface area (Å²) in [6.07, 6.45) is -6.97. The second kappa shape index (κ2) is 9.05. The molecule has 1 unspecified atom stereocenters. The fourth-order valence-corrected chi connectivity index (χ4v) is 4.91. The molecule has 0 saturated carbocycles. The van der Waals surface area contributed by atoms with E-state index < -0.39 is 34.3 Å². The molecule has 0 bridgehead atoms. The molecule has 4 nitrogen and oxygen atoms in total. The summed E-state index contributed by atoms with van der Waals surface area (Å²) in [7, 11) is -0.415. The van der Waals surface area contributed by atoms with E-state index >= 15 is 0 Å². The summed E-state index contributed by atoms with van der Waals surface area (Å²) in [5, 5.41) is 3.80. The Hall–Kier alpha value is -2.89. The van der Waals surface area contributed by atoms with Gasteiger partial charge in [0.1, 0.15) is 0 Å². The molecule has 4 rings (SSSR count). The number of ether oxygens (including phenoxy) is 1. The van der Waals surface area contributed by atoms with Crippen molar-refractivity contribution < 1.29 is 30.9 Å². The highest BCUT2D eigenvalue weighted by atomic mass is 32.2. The van der Waals surface area contributed by atoms with Crippen LogP contribution in [-0.4, -0.2) is 27.4 Å². The average Bonchev–Trinajstić information content (AvgIpc) is 3.46. The lowest BCUT2D eigenvalue weighted by Crippen LogP contribution is -2.17. The Morgan fingerprint density at radius 3 is 2.32 bits per heavy atom. The topological polar surface area (TPSA) is 44.1 Å². The van der Waals surface area contributed by atoms with Crippen LogP contribution >= 0.6 is 11.3 Å². The van der Waals surface area contributed by atoms with Crippen molar-refractivity contribution in [2.45, 2.75) is 17.2 Å². The van der Waals surface area contributed by atoms with E-state index in [4.69, 9.17) is 0 Å². The number of nitrogens with zero attached hydrogens (tertiary/aromatic N) is 2. The molecule has 2 heterocycles. The fraction of sp³-hybridized carbons (Fsp3) is 0.174. The SMILES string of the molecule is COC(F)(F)c1cc(-c2ccc(-c3cccc(S(C)=O)c3)s2)n(-c2ccccc2C(F)(F)F)n1. The maximum absolute atomic E-state index is 14.3. The maximum Gasteiger partial charge on any atom is 0.418 e. The molecule has 0 fully saturated rings. The molecular formula is C23H17F5N2O2S2. The number of hydrogen-bond acceptors (Lipinski definition) is 4. The lowest BCUT2D eigenvalue weighted by atomic mass is 10.1. The maximum atomic E-state index is 14.3. The zero-order valence-corrected chi connectivity index (χ0v) is 19.4. The van der Waals surface area contributed by atoms with Crippen LogP contribution in [0.1, 0.15) is 11.3 Å². The highest BCUT2D eigenvalue weighted by molar-refractivity contribution is 7.84. The molecule has 0 spiro atoms. The molecule has 1 atom stereocenters. The highest BCUT2D eigenvalue weighted by Crippen LogP contribution is 2.41. The number of methoxy groups -OCH3 is 1. The molecule has 4 aromatic rings. The minimum Gasteiger partial charge on any atom is -0.319 e. The minimum absolute atomic E-state index is 0.0508. The molecule has 0 aliphatic heterocycles. The van der Waals surface area contributed by atoms with Gasteiger partial charge in [-0.05, 0) is 48.0 Å². The lowest BCUT2D eigenvalue weighted by molar-refractivity contribution is -0.234. The van der Waals surface area contributed by atoms with Crippen LogP contribution in [0.25, 0.3) is 26.7 Å². The van der Waals surface area contributed by atoms with Crippen LogP contribution in [0.3, 0.4) is 0 Å². The quantitative estimate of drug-likeness (QED) is 0.270. The van der Waals surface area contributed by atoms with Gasteiger partial charge < -0.3 is 4.74 Å². The van der Waals surface area contributed by atoms with Gasteiger partial charge in [-0.2, -0.15) is 27.1 Å². The van der Waals surface area contributed by atoms with Crippen molar-refractivity contribution in [3.05, 3.63) is 78.0 Å². The van der Waals surface area contributed by atoms with E-state index in [0.717, 1.165) is 34.4 Å². The van der Waals surface area contributed by atoms with E-state index in [1.807, 2.05) is 0 Å². The van der Waals surface area contributed by atoms with Gasteiger partial charge in [-0.3, -0.25) is 4.21 Å². The summed E-state index contributed by atoms with van der Waals surface area (Å²) in [6, 6.07) is 16.0. The van der Waals surface area contributed by atoms with E-state index in [0.29, 0.717) is 9.77 Å². The van der Waals surface area contributed by atoms with Crippen molar-refractivity contribution in [2.75, 3.05) is 13.4 Å². The van der Waals surface area contributed by atoms with Crippen LogP contribution in [-0.2, 0) is 27.8 Å². The molecule has 0 saturated heterocycles. The molecule has 11 heteroatoms. The zero-order valence-electron chi connectivity index (χ0n) is 17.8. The van der Waals surface area contributed by atoms with Crippen LogP contribution in [0.4, 0.5) is 22.0 Å². The van der Waals surface area contributed by atoms with Gasteiger partial charge in [0, 0.05) is 33.9 Å². The van der Waals surface area contributed by atoms with Crippen molar-refractivity contribution in [1.82, 2.24) is 9.78 Å². The number of halogens is 5. The number of rotatable bonds is 6. The van der Waals surface area contributed by atoms with Crippen molar-refractivity contribution in [3.8, 4) is 26.7 Å². The number of aromatic nitrogens is 2. The number of para-hydroxylation sites is 1. The molecule has 2 aromatic heterocycles. The first-order valence-electron chi connectivity index (χ1n) is 9.75. The van der Waals surface area contributed by atoms with Crippen LogP contribution in [0, 0.1) is 0 Å². The lowest BCUT2D eigenvalue weighted by Gasteiger charge is -2.14. The second-order valence-corrected chi connectivity index (χ2v) is 9.67. The van der Waals surface area contributed by atoms with Gasteiger partial charge in [0.25, 0.3) is 0 Å². The van der Waals surface area contributed by atoms with Crippen LogP contribution in [0.15, 0.2) is 71.6 Å². The molecule has 2 aromatic carbocycles. The van der Waals surface area contributed by atoms with Gasteiger partial charge in [0.05, 0.1) is 21.8 Å². The zero-order chi connectivity index (χ0) is 24.7. The number of hydrogen-bond donors (Lipinski definition) is 0. The van der Waals surface area contributed by atoms with Crippen LogP contribution < -0.4 is 0 Å². The van der Waals surface area contributed by atoms with Crippen LogP contribution in [0.2, 0.25) is 0 Å². The Morgan fingerprint density at radius 1 is 0.941 bits per heavy atom. The van der Waals surface area contributed by atoms with E-state index in [9.17, 15) is 26.2 Å². The molecule has 0 aliphatic rings. The van der Waals surface area contributed by atoms with Crippen molar-refractivity contribution in [1.29, 1.82) is 0 Å². The predicted octanol–water partition coefficient (Wildman–Crippen LogP) is 6.72. The minimum atomic E-state index is -4.72. The van der Waals surface area contributed by atoms with E-state index in [2.05, 4.69) is 9.84 Å². The third kappa shape index (κ3) is 4.68. The summed E-state index contributed by atoms with van der Waals surface area (Å²) in [5.74, 6) is 0. The number of thiophene rings is 1. The smallest absolute Gasteiger partial charge is 0.319 e. The Bertz CT molecular complexity index is 1360. The third-order valence-corrected chi connectivity index (χ3v) is 7.09. The van der Waals surface area contributed by atoms with Gasteiger partial charge in [-0.25, -0.2) is 4.68 Å². The number of benzene rings is 2. The third-order valence-electron chi connectivity index (χ3n) is 5.01. The van der Waals surface area contributed by atoms with Crippen molar-refractivity contribution in [2.24, 2.45) is 0 Å². The van der Waals surface area contributed by atoms with Gasteiger partial charge in [0.2, 0.25) is 0 Å². The highest BCUT2D eigenvalue weighted by Gasteiger charge is 2.38. The summed E-state index contributed by atoms with van der Waals surface area (Å²) >= 11 is 1.19. The van der Waals surface area contributed by atoms with Crippen LogP contribution in [0.5, 0.6) is 0 Å². The summed E-state index contributed by atoms with van der Waals surface area (Å²) in [5.41, 5.74) is -1.42. The second-order valence-electron chi connectivity index (χ2n) is 7.21. The first-order valence-corrected chi connectivity index (χ1v) is 12.1. The summed E-state index contributed by atoms with van der Waals surface area (Å²) in [4.78, 5) is 1.75. The van der Waals surface area contributed by atoms with E-state index in [-0.39, 0.29) is 11.4 Å². The fourth-order valence-electron chi connectivity index (χ4n) is 3.34. The number of alkyl halides is 5. The van der Waals surface area contributed by atoms with E-state index in [1.165, 1.54) is 29.5 Å². The average molecular weight is 513 g/mol. The first kappa shape index (κ1) is 24.2. The Morgan fingerprint density at radius 2 is 1.65 bits per heavy atom. The van der Waals surface area contributed by atoms with Gasteiger partial charge in [-0.15, -0.1) is 11.3 Å². The van der Waals surface area contributed by atoms with Gasteiger partial charge in [-0.1, -0.05) is 24.3 Å². The van der Waals surface area contributed by atoms with E-state index in [1.54, 1.807) is 42.7 Å². The monoisotopic (exact) mass is 512 g/mol. The normalized spacial score (nSPS) is 13.3. The standard InChI is InChI=1S/C23H17F5N2O2S2/c1-32-23(27,28)21-13-18(30(29-21)17-9-4-3-8-16(17)22(24,25)26)20-11-10-19(33-20)14-6-5-7-15(12-14)34(2)31/h3-13H,1-2H3. The molecule has 0 amide bonds. The predicted molar refractivity (Wildman–Crippen MR) is 121 cm³/mol. The summed E-state index contributed by atoms with van der Waals surface area (Å²) < 4.78 is 86.5. The first-order chi connectivity index (χ1) is 16.0. The van der Waals surface area contributed by atoms with Gasteiger partial charge >= 0.3 is 12.3 Å². The Balaban J connectivity index is 1.89. The van der Waals surface area contributed by atoms with Crippen molar-refractivity contribution >= 4 is 22.1 Å². The molecule has 0 N–H and O–H groups in total.